The number of hydrogen-bond donors (Lipinski definition) is 1. The summed E-state index contributed by atoms with van der Waals surface area (Å²) in [6.45, 7) is 4.53. The van der Waals surface area contributed by atoms with Crippen LogP contribution in [-0.2, 0) is 27.0 Å². The van der Waals surface area contributed by atoms with Crippen LogP contribution in [0.5, 0.6) is 0 Å². The van der Waals surface area contributed by atoms with Crippen LogP contribution < -0.4 is 4.90 Å². The molecule has 0 spiro atoms. The number of hydrogen-bond acceptors (Lipinski definition) is 7. The normalized spacial score (nSPS) is 23.5. The highest BCUT2D eigenvalue weighted by atomic mass is 35.5. The second-order valence-corrected chi connectivity index (χ2v) is 13.1. The third-order valence-corrected chi connectivity index (χ3v) is 9.94. The number of anilines is 1. The van der Waals surface area contributed by atoms with Crippen molar-refractivity contribution >= 4 is 29.6 Å². The number of rotatable bonds is 8. The molecule has 2 aromatic carbocycles. The first-order valence-electron chi connectivity index (χ1n) is 15.6. The standard InChI is InChI=1S/C34H36ClF3N4O5/c1-18-10-23(12-24(11-18)34(36,37)38)30-19(2)42(33(45)47-30)17-29-27(14-39-32(40-29)41-15-25(16-41)46-3)26-13-22(8-9-28(26)35)20-4-6-21(7-5-20)31(43)44/h8-14,19-21,25,30H,4-7,15-17H2,1-3H3,(H,43,44)/t19-,20?,21?,30-/m0/s1. The first kappa shape index (κ1) is 33.0. The molecule has 0 radical (unpaired) electrons. The van der Waals surface area contributed by atoms with Gasteiger partial charge in [-0.3, -0.25) is 9.69 Å². The quantitative estimate of drug-likeness (QED) is 0.264. The Labute approximate surface area is 275 Å². The summed E-state index contributed by atoms with van der Waals surface area (Å²) in [6, 6.07) is 8.85. The summed E-state index contributed by atoms with van der Waals surface area (Å²) in [5.74, 6) is -0.471. The number of carbonyl (C=O) groups is 2. The van der Waals surface area contributed by atoms with Crippen LogP contribution in [0.3, 0.4) is 0 Å². The van der Waals surface area contributed by atoms with Crippen molar-refractivity contribution in [2.75, 3.05) is 25.1 Å². The van der Waals surface area contributed by atoms with E-state index >= 15 is 0 Å². The van der Waals surface area contributed by atoms with E-state index in [4.69, 9.17) is 26.1 Å². The molecule has 2 aliphatic heterocycles. The molecule has 1 saturated carbocycles. The van der Waals surface area contributed by atoms with Gasteiger partial charge in [-0.05, 0) is 80.8 Å². The van der Waals surface area contributed by atoms with Gasteiger partial charge in [-0.1, -0.05) is 29.3 Å². The lowest BCUT2D eigenvalue weighted by Gasteiger charge is -2.38. The highest BCUT2D eigenvalue weighted by molar-refractivity contribution is 6.33. The van der Waals surface area contributed by atoms with Gasteiger partial charge in [-0.25, -0.2) is 14.8 Å². The Morgan fingerprint density at radius 3 is 2.47 bits per heavy atom. The number of carboxylic acids is 1. The van der Waals surface area contributed by atoms with E-state index in [0.29, 0.717) is 59.3 Å². The maximum absolute atomic E-state index is 13.6. The molecule has 0 bridgehead atoms. The van der Waals surface area contributed by atoms with Crippen molar-refractivity contribution in [3.63, 3.8) is 0 Å². The summed E-state index contributed by atoms with van der Waals surface area (Å²) in [5.41, 5.74) is 2.71. The zero-order valence-corrected chi connectivity index (χ0v) is 27.0. The summed E-state index contributed by atoms with van der Waals surface area (Å²) in [5, 5.41) is 9.90. The molecule has 1 N–H and O–H groups in total. The van der Waals surface area contributed by atoms with Crippen molar-refractivity contribution in [2.24, 2.45) is 5.92 Å². The Kier molecular flexibility index (Phi) is 9.10. The molecule has 6 rings (SSSR count). The van der Waals surface area contributed by atoms with Crippen LogP contribution in [0.1, 0.15) is 72.6 Å². The second-order valence-electron chi connectivity index (χ2n) is 12.7. The number of carbonyl (C=O) groups excluding carboxylic acids is 1. The number of benzene rings is 2. The fourth-order valence-corrected chi connectivity index (χ4v) is 7.01. The number of ether oxygens (including phenoxy) is 2. The Balaban J connectivity index is 1.33. The van der Waals surface area contributed by atoms with Crippen LogP contribution in [-0.4, -0.2) is 64.4 Å². The molecule has 3 aliphatic rings. The van der Waals surface area contributed by atoms with E-state index in [-0.39, 0.29) is 30.0 Å². The van der Waals surface area contributed by atoms with Crippen LogP contribution in [0.2, 0.25) is 5.02 Å². The smallest absolute Gasteiger partial charge is 0.416 e. The Morgan fingerprint density at radius 1 is 1.09 bits per heavy atom. The van der Waals surface area contributed by atoms with E-state index < -0.39 is 35.9 Å². The number of alkyl halides is 3. The third-order valence-electron chi connectivity index (χ3n) is 9.62. The zero-order chi connectivity index (χ0) is 33.6. The molecule has 1 aliphatic carbocycles. The molecular weight excluding hydrogens is 637 g/mol. The highest BCUT2D eigenvalue weighted by Gasteiger charge is 2.42. The van der Waals surface area contributed by atoms with E-state index in [0.717, 1.165) is 30.5 Å². The van der Waals surface area contributed by atoms with Gasteiger partial charge in [0.2, 0.25) is 5.95 Å². The summed E-state index contributed by atoms with van der Waals surface area (Å²) in [6.07, 6.45) is -1.71. The Hall–Kier alpha value is -3.90. The van der Waals surface area contributed by atoms with Crippen LogP contribution >= 0.6 is 11.6 Å². The molecule has 0 unspecified atom stereocenters. The van der Waals surface area contributed by atoms with Crippen LogP contribution in [0.25, 0.3) is 11.1 Å². The highest BCUT2D eigenvalue weighted by Crippen LogP contribution is 2.42. The predicted octanol–water partition coefficient (Wildman–Crippen LogP) is 7.40. The Morgan fingerprint density at radius 2 is 1.81 bits per heavy atom. The fraction of sp³-hybridized carbons (Fsp3) is 0.471. The van der Waals surface area contributed by atoms with E-state index in [2.05, 4.69) is 4.98 Å². The van der Waals surface area contributed by atoms with E-state index in [1.807, 2.05) is 23.1 Å². The van der Waals surface area contributed by atoms with Crippen LogP contribution in [0, 0.1) is 12.8 Å². The van der Waals surface area contributed by atoms with Gasteiger partial charge in [0, 0.05) is 42.5 Å². The molecule has 2 saturated heterocycles. The first-order chi connectivity index (χ1) is 22.3. The summed E-state index contributed by atoms with van der Waals surface area (Å²) >= 11 is 6.77. The van der Waals surface area contributed by atoms with Crippen molar-refractivity contribution in [3.8, 4) is 11.1 Å². The lowest BCUT2D eigenvalue weighted by atomic mass is 9.78. The number of halogens is 4. The average molecular weight is 673 g/mol. The van der Waals surface area contributed by atoms with Crippen LogP contribution in [0.4, 0.5) is 23.9 Å². The van der Waals surface area contributed by atoms with Gasteiger partial charge in [0.15, 0.2) is 0 Å². The molecule has 3 heterocycles. The van der Waals surface area contributed by atoms with E-state index in [1.54, 1.807) is 33.2 Å². The van der Waals surface area contributed by atoms with Gasteiger partial charge in [-0.15, -0.1) is 0 Å². The zero-order valence-electron chi connectivity index (χ0n) is 26.3. The number of aryl methyl sites for hydroxylation is 1. The number of aliphatic carboxylic acids is 1. The molecule has 47 heavy (non-hydrogen) atoms. The SMILES string of the molecule is COC1CN(c2ncc(-c3cc(C4CCC(C(=O)O)CC4)ccc3Cl)c(CN3C(=O)O[C@H](c4cc(C)cc(C(F)(F)F)c4)[C@@H]3C)n2)C1. The maximum atomic E-state index is 13.6. The summed E-state index contributed by atoms with van der Waals surface area (Å²) < 4.78 is 51.9. The first-order valence-corrected chi connectivity index (χ1v) is 16.0. The molecule has 1 aromatic heterocycles. The minimum absolute atomic E-state index is 0.00508. The number of methoxy groups -OCH3 is 1. The number of carboxylic acid groups (broad SMARTS) is 1. The number of aromatic nitrogens is 2. The third kappa shape index (κ3) is 6.76. The molecule has 9 nitrogen and oxygen atoms in total. The van der Waals surface area contributed by atoms with E-state index in [1.165, 1.54) is 4.90 Å². The molecular formula is C34H36ClF3N4O5. The lowest BCUT2D eigenvalue weighted by molar-refractivity contribution is -0.143. The van der Waals surface area contributed by atoms with Gasteiger partial charge in [0.1, 0.15) is 6.10 Å². The van der Waals surface area contributed by atoms with Gasteiger partial charge >= 0.3 is 18.2 Å². The monoisotopic (exact) mass is 672 g/mol. The molecule has 13 heteroatoms. The number of nitrogens with zero attached hydrogens (tertiary/aromatic N) is 4. The molecule has 3 fully saturated rings. The predicted molar refractivity (Wildman–Crippen MR) is 168 cm³/mol. The van der Waals surface area contributed by atoms with Crippen molar-refractivity contribution in [1.29, 1.82) is 0 Å². The summed E-state index contributed by atoms with van der Waals surface area (Å²) in [4.78, 5) is 37.7. The number of amides is 1. The molecule has 2 atom stereocenters. The number of cyclic esters (lactones) is 1. The van der Waals surface area contributed by atoms with E-state index in [9.17, 15) is 27.9 Å². The van der Waals surface area contributed by atoms with Crippen molar-refractivity contribution in [1.82, 2.24) is 14.9 Å². The average Bonchev–Trinajstić information content (AvgIpc) is 3.29. The topological polar surface area (TPSA) is 105 Å². The van der Waals surface area contributed by atoms with Crippen molar-refractivity contribution in [2.45, 2.75) is 76.4 Å². The largest absolute Gasteiger partial charge is 0.481 e. The Bertz CT molecular complexity index is 1670. The molecule has 250 valence electrons. The van der Waals surface area contributed by atoms with Crippen molar-refractivity contribution in [3.05, 3.63) is 75.6 Å². The van der Waals surface area contributed by atoms with Crippen LogP contribution in [0.15, 0.2) is 42.6 Å². The maximum Gasteiger partial charge on any atom is 0.416 e. The second kappa shape index (κ2) is 13.0. The molecule has 3 aromatic rings. The van der Waals surface area contributed by atoms with Gasteiger partial charge in [0.05, 0.1) is 35.9 Å². The fourth-order valence-electron chi connectivity index (χ4n) is 6.79. The van der Waals surface area contributed by atoms with Gasteiger partial charge in [-0.2, -0.15) is 13.2 Å². The van der Waals surface area contributed by atoms with Gasteiger partial charge in [0.25, 0.3) is 0 Å². The minimum Gasteiger partial charge on any atom is -0.481 e. The van der Waals surface area contributed by atoms with Gasteiger partial charge < -0.3 is 19.5 Å². The summed E-state index contributed by atoms with van der Waals surface area (Å²) in [7, 11) is 1.64. The molecule has 1 amide bonds. The lowest BCUT2D eigenvalue weighted by Crippen LogP contribution is -2.52. The minimum atomic E-state index is -4.54. The van der Waals surface area contributed by atoms with Crippen molar-refractivity contribution < 1.29 is 37.3 Å².